The van der Waals surface area contributed by atoms with Crippen LogP contribution in [0.5, 0.6) is 0 Å². The Kier molecular flexibility index (Phi) is 49.9. The first-order valence-corrected chi connectivity index (χ1v) is 25.5. The molecule has 10 nitrogen and oxygen atoms in total. The van der Waals surface area contributed by atoms with Gasteiger partial charge in [0.25, 0.3) is 0 Å². The summed E-state index contributed by atoms with van der Waals surface area (Å²) in [5.41, 5.74) is 0. The maximum absolute atomic E-state index is 9.17. The molecule has 4 N–H and O–H groups in total. The van der Waals surface area contributed by atoms with Crippen molar-refractivity contribution in [1.29, 1.82) is 0 Å². The predicted molar refractivity (Wildman–Crippen MR) is 239 cm³/mol. The topological polar surface area (TPSA) is 161 Å². The molecule has 0 saturated carbocycles. The monoisotopic (exact) mass is 841 g/mol. The maximum Gasteiger partial charge on any atom is 0.102 e. The largest absolute Gasteiger partial charge is 0.759 e. The predicted octanol–water partition coefficient (Wildman–Crippen LogP) is 10.0. The zero-order valence-electron chi connectivity index (χ0n) is 38.4. The molecule has 0 unspecified atom stereocenters. The molecule has 0 aromatic heterocycles. The van der Waals surface area contributed by atoms with Crippen molar-refractivity contribution in [3.8, 4) is 0 Å². The minimum Gasteiger partial charge on any atom is -0.759 e. The molecule has 0 fully saturated rings. The van der Waals surface area contributed by atoms with Gasteiger partial charge >= 0.3 is 0 Å². The van der Waals surface area contributed by atoms with Gasteiger partial charge in [0.1, 0.15) is 26.2 Å². The standard InChI is InChI=1S/2C23H50NO2.H2O4S/c2*1-3-4-5-6-7-8-9-10-11-12-13-14-15-16-17-18-19-24(2,20-22-25)21-23-26;1-5(2,3)4/h2*25-26H,3-23H2,1-2H3;(H2,1,2,3,4)/q2*+1;/p-2. The van der Waals surface area contributed by atoms with E-state index in [0.717, 1.165) is 48.2 Å². The smallest absolute Gasteiger partial charge is 0.102 e. The number of nitrogens with zero attached hydrogens (tertiary/aromatic N) is 2. The molecule has 0 atom stereocenters. The van der Waals surface area contributed by atoms with Crippen LogP contribution < -0.4 is 0 Å². The number of unbranched alkanes of at least 4 members (excludes halogenated alkanes) is 30. The molecule has 0 rings (SSSR count). The molecule has 348 valence electrons. The summed E-state index contributed by atoms with van der Waals surface area (Å²) in [6, 6.07) is 0. The zero-order chi connectivity index (χ0) is 43.2. The van der Waals surface area contributed by atoms with Gasteiger partial charge in [-0.3, -0.25) is 8.42 Å². The second-order valence-electron chi connectivity index (χ2n) is 17.5. The van der Waals surface area contributed by atoms with Gasteiger partial charge in [0.2, 0.25) is 0 Å². The lowest BCUT2D eigenvalue weighted by Crippen LogP contribution is -2.48. The normalized spacial score (nSPS) is 12.0. The Hall–Kier alpha value is -0.370. The molecule has 0 bridgehead atoms. The van der Waals surface area contributed by atoms with Gasteiger partial charge in [-0.15, -0.1) is 0 Å². The summed E-state index contributed by atoms with van der Waals surface area (Å²) in [6.07, 6.45) is 44.8. The van der Waals surface area contributed by atoms with Crippen LogP contribution in [-0.2, 0) is 10.4 Å². The summed E-state index contributed by atoms with van der Waals surface area (Å²) >= 11 is 0. The molecule has 0 saturated heterocycles. The Morgan fingerprint density at radius 3 is 0.596 bits per heavy atom. The quantitative estimate of drug-likeness (QED) is 0.0204. The van der Waals surface area contributed by atoms with Crippen LogP contribution in [0, 0.1) is 0 Å². The Labute approximate surface area is 355 Å². The second kappa shape index (κ2) is 46.7. The van der Waals surface area contributed by atoms with Gasteiger partial charge in [-0.05, 0) is 25.7 Å². The van der Waals surface area contributed by atoms with E-state index in [-0.39, 0.29) is 26.4 Å². The second-order valence-corrected chi connectivity index (χ2v) is 18.3. The van der Waals surface area contributed by atoms with Crippen molar-refractivity contribution < 1.29 is 46.9 Å². The average molecular weight is 841 g/mol. The summed E-state index contributed by atoms with van der Waals surface area (Å²) in [5.74, 6) is 0. The first kappa shape index (κ1) is 60.9. The van der Waals surface area contributed by atoms with Gasteiger partial charge in [0.05, 0.1) is 53.6 Å². The molecule has 0 radical (unpaired) electrons. The highest BCUT2D eigenvalue weighted by Gasteiger charge is 2.20. The highest BCUT2D eigenvalue weighted by atomic mass is 32.3. The molecule has 0 aliphatic heterocycles. The van der Waals surface area contributed by atoms with Gasteiger partial charge in [0.15, 0.2) is 0 Å². The summed E-state index contributed by atoms with van der Waals surface area (Å²) < 4.78 is 35.7. The van der Waals surface area contributed by atoms with Crippen LogP contribution in [-0.4, -0.2) is 127 Å². The van der Waals surface area contributed by atoms with Gasteiger partial charge in [0, 0.05) is 10.4 Å². The van der Waals surface area contributed by atoms with Crippen LogP contribution in [0.15, 0.2) is 0 Å². The van der Waals surface area contributed by atoms with Crippen molar-refractivity contribution in [3.05, 3.63) is 0 Å². The Morgan fingerprint density at radius 2 is 0.456 bits per heavy atom. The van der Waals surface area contributed by atoms with Crippen LogP contribution in [0.4, 0.5) is 0 Å². The van der Waals surface area contributed by atoms with Crippen molar-refractivity contribution in [3.63, 3.8) is 0 Å². The van der Waals surface area contributed by atoms with Crippen molar-refractivity contribution in [2.75, 3.05) is 79.8 Å². The summed E-state index contributed by atoms with van der Waals surface area (Å²) in [4.78, 5) is 0. The van der Waals surface area contributed by atoms with E-state index in [1.165, 1.54) is 205 Å². The van der Waals surface area contributed by atoms with E-state index in [0.29, 0.717) is 0 Å². The van der Waals surface area contributed by atoms with Crippen LogP contribution in [0.2, 0.25) is 0 Å². The number of rotatable bonds is 42. The zero-order valence-corrected chi connectivity index (χ0v) is 39.2. The van der Waals surface area contributed by atoms with Gasteiger partial charge < -0.3 is 38.5 Å². The molecule has 0 amide bonds. The minimum absolute atomic E-state index is 0.218. The fourth-order valence-electron chi connectivity index (χ4n) is 7.72. The molecule has 0 spiro atoms. The maximum atomic E-state index is 9.17. The summed E-state index contributed by atoms with van der Waals surface area (Å²) in [6.45, 7) is 10.7. The van der Waals surface area contributed by atoms with Gasteiger partial charge in [-0.2, -0.15) is 0 Å². The van der Waals surface area contributed by atoms with E-state index in [2.05, 4.69) is 27.9 Å². The molecule has 0 aromatic rings. The number of aliphatic hydroxyl groups excluding tert-OH is 4. The Balaban J connectivity index is -0.000000913. The van der Waals surface area contributed by atoms with Crippen LogP contribution in [0.3, 0.4) is 0 Å². The number of likely N-dealkylation sites (N-methyl/N-ethyl adjacent to an activating group) is 2. The van der Waals surface area contributed by atoms with Crippen molar-refractivity contribution >= 4 is 10.4 Å². The highest BCUT2D eigenvalue weighted by Crippen LogP contribution is 2.16. The molecule has 0 aromatic carbocycles. The fraction of sp³-hybridized carbons (Fsp3) is 1.00. The third-order valence-corrected chi connectivity index (χ3v) is 11.7. The molecule has 11 heteroatoms. The van der Waals surface area contributed by atoms with Crippen LogP contribution >= 0.6 is 0 Å². The first-order valence-electron chi connectivity index (χ1n) is 24.1. The molecular weight excluding hydrogens is 741 g/mol. The third-order valence-electron chi connectivity index (χ3n) is 11.7. The highest BCUT2D eigenvalue weighted by molar-refractivity contribution is 7.79. The van der Waals surface area contributed by atoms with Crippen molar-refractivity contribution in [2.45, 2.75) is 219 Å². The lowest BCUT2D eigenvalue weighted by molar-refractivity contribution is -0.910. The summed E-state index contributed by atoms with van der Waals surface area (Å²) in [5, 5.41) is 36.7. The SMILES string of the molecule is CCCCCCCCCCCCCCCCCC[N+](C)(CCO)CCO.CCCCCCCCCCCCCCCCCC[N+](C)(CCO)CCO.O=S(=O)([O-])[O-]. The van der Waals surface area contributed by atoms with Crippen molar-refractivity contribution in [1.82, 2.24) is 0 Å². The van der Waals surface area contributed by atoms with Gasteiger partial charge in [-0.1, -0.05) is 194 Å². The van der Waals surface area contributed by atoms with E-state index < -0.39 is 10.4 Å². The van der Waals surface area contributed by atoms with Gasteiger partial charge in [-0.25, -0.2) is 0 Å². The average Bonchev–Trinajstić information content (AvgIpc) is 3.14. The fourth-order valence-corrected chi connectivity index (χ4v) is 7.72. The van der Waals surface area contributed by atoms with Crippen molar-refractivity contribution in [2.24, 2.45) is 0 Å². The van der Waals surface area contributed by atoms with Crippen LogP contribution in [0.1, 0.15) is 219 Å². The van der Waals surface area contributed by atoms with Crippen LogP contribution in [0.25, 0.3) is 0 Å². The lowest BCUT2D eigenvalue weighted by atomic mass is 10.0. The lowest BCUT2D eigenvalue weighted by Gasteiger charge is -2.33. The number of aliphatic hydroxyl groups is 4. The molecule has 0 heterocycles. The first-order chi connectivity index (χ1) is 27.4. The Bertz CT molecular complexity index is 791. The van der Waals surface area contributed by atoms with E-state index >= 15 is 0 Å². The third kappa shape index (κ3) is 55.6. The Morgan fingerprint density at radius 1 is 0.316 bits per heavy atom. The van der Waals surface area contributed by atoms with E-state index in [4.69, 9.17) is 37.9 Å². The summed E-state index contributed by atoms with van der Waals surface area (Å²) in [7, 11) is -0.866. The number of hydrogen-bond acceptors (Lipinski definition) is 8. The van der Waals surface area contributed by atoms with E-state index in [1.54, 1.807) is 0 Å². The number of quaternary nitrogens is 2. The molecule has 0 aliphatic rings. The molecule has 57 heavy (non-hydrogen) atoms. The van der Waals surface area contributed by atoms with E-state index in [1.807, 2.05) is 0 Å². The molecule has 0 aliphatic carbocycles. The molecular formula is C46H100N2O8S. The minimum atomic E-state index is -5.17. The number of hydrogen-bond donors (Lipinski definition) is 4. The van der Waals surface area contributed by atoms with E-state index in [9.17, 15) is 0 Å².